The molecule has 4 nitrogen and oxygen atoms in total. The van der Waals surface area contributed by atoms with E-state index in [0.717, 1.165) is 43.2 Å². The van der Waals surface area contributed by atoms with E-state index in [1.807, 2.05) is 0 Å². The van der Waals surface area contributed by atoms with Crippen LogP contribution in [0.1, 0.15) is 32.6 Å². The fraction of sp³-hybridized carbons (Fsp3) is 0.500. The molecule has 0 aliphatic heterocycles. The van der Waals surface area contributed by atoms with Crippen LogP contribution < -0.4 is 10.6 Å². The van der Waals surface area contributed by atoms with E-state index in [0.29, 0.717) is 10.8 Å². The summed E-state index contributed by atoms with van der Waals surface area (Å²) in [6.45, 7) is 2.09. The van der Waals surface area contributed by atoms with E-state index in [-0.39, 0.29) is 11.8 Å². The Balaban J connectivity index is 1.75. The lowest BCUT2D eigenvalue weighted by Crippen LogP contribution is -2.48. The maximum absolute atomic E-state index is 13.1. The monoisotopic (exact) mass is 342 g/mol. The topological polar surface area (TPSA) is 58.2 Å². The second-order valence-corrected chi connectivity index (χ2v) is 6.80. The number of thioether (sulfide) groups is 1. The summed E-state index contributed by atoms with van der Waals surface area (Å²) in [4.78, 5) is 24.0. The van der Waals surface area contributed by atoms with Crippen LogP contribution in [-0.4, -0.2) is 23.7 Å². The Morgan fingerprint density at radius 3 is 2.65 bits per heavy atom. The first-order valence-corrected chi connectivity index (χ1v) is 8.62. The van der Waals surface area contributed by atoms with Crippen molar-refractivity contribution < 1.29 is 18.4 Å². The minimum Gasteiger partial charge on any atom is -0.335 e. The molecule has 0 heterocycles. The van der Waals surface area contributed by atoms with Gasteiger partial charge in [-0.3, -0.25) is 10.1 Å². The Bertz CT molecular complexity index is 583. The van der Waals surface area contributed by atoms with E-state index >= 15 is 0 Å². The Labute approximate surface area is 138 Å². The molecule has 1 saturated carbocycles. The van der Waals surface area contributed by atoms with Gasteiger partial charge >= 0.3 is 6.03 Å². The smallest absolute Gasteiger partial charge is 0.321 e. The maximum Gasteiger partial charge on any atom is 0.321 e. The number of halogens is 2. The Morgan fingerprint density at radius 2 is 1.96 bits per heavy atom. The average molecular weight is 342 g/mol. The van der Waals surface area contributed by atoms with Crippen molar-refractivity contribution in [2.45, 2.75) is 43.5 Å². The van der Waals surface area contributed by atoms with Crippen molar-refractivity contribution in [2.24, 2.45) is 5.92 Å². The van der Waals surface area contributed by atoms with Gasteiger partial charge in [-0.15, -0.1) is 11.8 Å². The molecule has 1 aliphatic rings. The zero-order valence-electron chi connectivity index (χ0n) is 12.9. The van der Waals surface area contributed by atoms with Crippen LogP contribution in [0, 0.1) is 17.6 Å². The number of hydrogen-bond acceptors (Lipinski definition) is 3. The summed E-state index contributed by atoms with van der Waals surface area (Å²) in [6.07, 6.45) is 4.25. The zero-order chi connectivity index (χ0) is 16.8. The highest BCUT2D eigenvalue weighted by Crippen LogP contribution is 2.23. The summed E-state index contributed by atoms with van der Waals surface area (Å²) in [5.74, 6) is -2.00. The molecule has 0 spiro atoms. The molecule has 1 aliphatic carbocycles. The number of hydrogen-bond donors (Lipinski definition) is 2. The molecule has 7 heteroatoms. The van der Waals surface area contributed by atoms with Crippen molar-refractivity contribution >= 4 is 23.7 Å². The van der Waals surface area contributed by atoms with Gasteiger partial charge in [0.2, 0.25) is 5.91 Å². The van der Waals surface area contributed by atoms with Crippen molar-refractivity contribution in [2.75, 3.05) is 5.75 Å². The van der Waals surface area contributed by atoms with Crippen molar-refractivity contribution in [3.8, 4) is 0 Å². The third-order valence-electron chi connectivity index (χ3n) is 3.94. The van der Waals surface area contributed by atoms with Crippen LogP contribution in [-0.2, 0) is 4.79 Å². The molecule has 0 saturated heterocycles. The number of benzene rings is 1. The SMILES string of the molecule is C[C@@H]1CCCC[C@@H]1NC(=O)NC(=O)CSc1ccc(F)c(F)c1. The molecule has 0 bridgehead atoms. The maximum atomic E-state index is 13.1. The number of urea groups is 1. The molecule has 2 rings (SSSR count). The highest BCUT2D eigenvalue weighted by Gasteiger charge is 2.23. The van der Waals surface area contributed by atoms with E-state index in [9.17, 15) is 18.4 Å². The lowest BCUT2D eigenvalue weighted by atomic mass is 9.86. The number of carbonyl (C=O) groups is 2. The Hall–Kier alpha value is -1.63. The van der Waals surface area contributed by atoms with E-state index in [1.165, 1.54) is 12.5 Å². The van der Waals surface area contributed by atoms with E-state index in [2.05, 4.69) is 17.6 Å². The lowest BCUT2D eigenvalue weighted by molar-refractivity contribution is -0.117. The predicted molar refractivity (Wildman–Crippen MR) is 85.2 cm³/mol. The molecule has 1 aromatic rings. The number of rotatable bonds is 4. The molecule has 23 heavy (non-hydrogen) atoms. The first-order chi connectivity index (χ1) is 11.0. The van der Waals surface area contributed by atoms with Crippen molar-refractivity contribution in [3.63, 3.8) is 0 Å². The molecule has 2 atom stereocenters. The molecule has 0 radical (unpaired) electrons. The van der Waals surface area contributed by atoms with Crippen molar-refractivity contribution in [3.05, 3.63) is 29.8 Å². The van der Waals surface area contributed by atoms with E-state index < -0.39 is 23.6 Å². The molecule has 1 aromatic carbocycles. The molecule has 0 aromatic heterocycles. The van der Waals surface area contributed by atoms with E-state index in [4.69, 9.17) is 0 Å². The van der Waals surface area contributed by atoms with Gasteiger partial charge in [-0.1, -0.05) is 19.8 Å². The summed E-state index contributed by atoms with van der Waals surface area (Å²) < 4.78 is 25.9. The van der Waals surface area contributed by atoms with Gasteiger partial charge in [0.15, 0.2) is 11.6 Å². The van der Waals surface area contributed by atoms with Crippen molar-refractivity contribution in [1.29, 1.82) is 0 Å². The second-order valence-electron chi connectivity index (χ2n) is 5.75. The minimum absolute atomic E-state index is 0.0429. The summed E-state index contributed by atoms with van der Waals surface area (Å²) >= 11 is 1.04. The van der Waals surface area contributed by atoms with Crippen LogP contribution in [0.15, 0.2) is 23.1 Å². The fourth-order valence-corrected chi connectivity index (χ4v) is 3.33. The molecule has 0 unspecified atom stereocenters. The van der Waals surface area contributed by atoms with Gasteiger partial charge in [-0.05, 0) is 37.0 Å². The summed E-state index contributed by atoms with van der Waals surface area (Å²) in [7, 11) is 0. The number of imide groups is 1. The van der Waals surface area contributed by atoms with Gasteiger partial charge < -0.3 is 5.32 Å². The summed E-state index contributed by atoms with van der Waals surface area (Å²) in [5, 5.41) is 5.09. The Kier molecular flexibility index (Phi) is 6.38. The molecular formula is C16H20F2N2O2S. The quantitative estimate of drug-likeness (QED) is 0.824. The second kappa shape index (κ2) is 8.29. The molecule has 2 N–H and O–H groups in total. The first kappa shape index (κ1) is 17.7. The van der Waals surface area contributed by atoms with E-state index in [1.54, 1.807) is 0 Å². The third-order valence-corrected chi connectivity index (χ3v) is 4.94. The standard InChI is InChI=1S/C16H20F2N2O2S/c1-10-4-2-3-5-14(10)19-16(22)20-15(21)9-23-11-6-7-12(17)13(18)8-11/h6-8,10,14H,2-5,9H2,1H3,(H2,19,20,21,22)/t10-,14+/m1/s1. The highest BCUT2D eigenvalue weighted by atomic mass is 32.2. The number of carbonyl (C=O) groups excluding carboxylic acids is 2. The van der Waals surface area contributed by atoms with Gasteiger partial charge in [0.05, 0.1) is 5.75 Å². The normalized spacial score (nSPS) is 20.8. The number of nitrogens with one attached hydrogen (secondary N) is 2. The zero-order valence-corrected chi connectivity index (χ0v) is 13.7. The van der Waals surface area contributed by atoms with Crippen molar-refractivity contribution in [1.82, 2.24) is 10.6 Å². The molecular weight excluding hydrogens is 322 g/mol. The molecule has 1 fully saturated rings. The lowest BCUT2D eigenvalue weighted by Gasteiger charge is -2.29. The van der Waals surface area contributed by atoms with Crippen LogP contribution in [0.3, 0.4) is 0 Å². The third kappa shape index (κ3) is 5.49. The van der Waals surface area contributed by atoms with Crippen LogP contribution >= 0.6 is 11.8 Å². The van der Waals surface area contributed by atoms with Crippen LogP contribution in [0.5, 0.6) is 0 Å². The van der Waals surface area contributed by atoms with Crippen LogP contribution in [0.2, 0.25) is 0 Å². The van der Waals surface area contributed by atoms with Crippen LogP contribution in [0.4, 0.5) is 13.6 Å². The Morgan fingerprint density at radius 1 is 1.22 bits per heavy atom. The van der Waals surface area contributed by atoms with Gasteiger partial charge in [0.25, 0.3) is 0 Å². The van der Waals surface area contributed by atoms with Gasteiger partial charge in [-0.2, -0.15) is 0 Å². The minimum atomic E-state index is -0.959. The van der Waals surface area contributed by atoms with Gasteiger partial charge in [-0.25, -0.2) is 13.6 Å². The molecule has 126 valence electrons. The summed E-state index contributed by atoms with van der Waals surface area (Å²) in [6, 6.07) is 3.01. The first-order valence-electron chi connectivity index (χ1n) is 7.64. The van der Waals surface area contributed by atoms with Gasteiger partial charge in [0.1, 0.15) is 0 Å². The summed E-state index contributed by atoms with van der Waals surface area (Å²) in [5.41, 5.74) is 0. The number of amides is 3. The molecule has 3 amide bonds. The van der Waals surface area contributed by atoms with Gasteiger partial charge in [0, 0.05) is 10.9 Å². The van der Waals surface area contributed by atoms with Crippen LogP contribution in [0.25, 0.3) is 0 Å². The predicted octanol–water partition coefficient (Wildman–Crippen LogP) is 3.46. The highest BCUT2D eigenvalue weighted by molar-refractivity contribution is 8.00. The fourth-order valence-electron chi connectivity index (χ4n) is 2.61. The average Bonchev–Trinajstić information content (AvgIpc) is 2.51. The largest absolute Gasteiger partial charge is 0.335 e.